The summed E-state index contributed by atoms with van der Waals surface area (Å²) in [6.07, 6.45) is 33.3. The number of aryl methyl sites for hydroxylation is 4. The molecule has 1 aliphatic heterocycles. The topological polar surface area (TPSA) is 43.8 Å². The Hall–Kier alpha value is -4.39. The number of allylic oxidation sites excluding steroid dienone is 2. The summed E-state index contributed by atoms with van der Waals surface area (Å²) in [5.41, 5.74) is 27.5. The molecule has 0 saturated heterocycles. The van der Waals surface area contributed by atoms with E-state index in [1.54, 1.807) is 4.70 Å². The van der Waals surface area contributed by atoms with Crippen LogP contribution in [0, 0.1) is 11.8 Å². The van der Waals surface area contributed by atoms with Gasteiger partial charge in [0, 0.05) is 23.1 Å². The van der Waals surface area contributed by atoms with E-state index >= 15 is 0 Å². The molecule has 0 radical (unpaired) electrons. The summed E-state index contributed by atoms with van der Waals surface area (Å²) in [5, 5.41) is 0. The molecule has 0 atom stereocenters. The molecule has 384 valence electrons. The molecule has 0 bridgehead atoms. The Kier molecular flexibility index (Phi) is 29.0. The van der Waals surface area contributed by atoms with Gasteiger partial charge in [-0.3, -0.25) is 0 Å². The zero-order chi connectivity index (χ0) is 50.2. The van der Waals surface area contributed by atoms with Crippen molar-refractivity contribution in [1.82, 2.24) is 0 Å². The van der Waals surface area contributed by atoms with Crippen LogP contribution in [0.2, 0.25) is 0 Å². The van der Waals surface area contributed by atoms with Crippen molar-refractivity contribution in [2.45, 2.75) is 229 Å². The molecule has 1 aliphatic rings. The van der Waals surface area contributed by atoms with Gasteiger partial charge in [0.05, 0.1) is 0 Å². The van der Waals surface area contributed by atoms with Gasteiger partial charge in [-0.1, -0.05) is 176 Å². The third kappa shape index (κ3) is 19.0. The Morgan fingerprint density at radius 1 is 0.443 bits per heavy atom. The van der Waals surface area contributed by atoms with E-state index in [0.717, 1.165) is 119 Å². The van der Waals surface area contributed by atoms with Crippen LogP contribution in [0.1, 0.15) is 235 Å². The van der Waals surface area contributed by atoms with Gasteiger partial charge < -0.3 is 5.53 Å². The Labute approximate surface area is 434 Å². The third-order valence-corrected chi connectivity index (χ3v) is 14.6. The molecule has 70 heavy (non-hydrogen) atoms. The molecule has 4 aromatic carbocycles. The summed E-state index contributed by atoms with van der Waals surface area (Å²) in [5.74, 6) is 8.99. The average Bonchev–Trinajstić information content (AvgIpc) is 3.67. The van der Waals surface area contributed by atoms with Crippen LogP contribution in [0.15, 0.2) is 96.1 Å². The first kappa shape index (κ1) is 58.2. The van der Waals surface area contributed by atoms with Gasteiger partial charge in [-0.2, -0.15) is 0 Å². The number of hydrogen-bond donors (Lipinski definition) is 0. The molecule has 5 heteroatoms. The van der Waals surface area contributed by atoms with Crippen LogP contribution in [0.5, 0.6) is 11.5 Å². The first-order valence-corrected chi connectivity index (χ1v) is 29.0. The fourth-order valence-corrected chi connectivity index (χ4v) is 10.6. The van der Waals surface area contributed by atoms with Crippen molar-refractivity contribution >= 4 is 11.4 Å². The van der Waals surface area contributed by atoms with Gasteiger partial charge in [-0.05, 0) is 115 Å². The monoisotopic (exact) mass is 991 g/mol. The first-order chi connectivity index (χ1) is 34.4. The van der Waals surface area contributed by atoms with Gasteiger partial charge in [0.15, 0.2) is 0 Å². The molecule has 0 fully saturated rings. The quantitative estimate of drug-likeness (QED) is 0.0212. The van der Waals surface area contributed by atoms with Crippen molar-refractivity contribution < 1.29 is 27.5 Å². The van der Waals surface area contributed by atoms with Crippen molar-refractivity contribution in [3.05, 3.63) is 146 Å². The van der Waals surface area contributed by atoms with Gasteiger partial charge in [0.1, 0.15) is 5.57 Å². The van der Waals surface area contributed by atoms with E-state index in [9.17, 15) is 5.53 Å². The van der Waals surface area contributed by atoms with Crippen molar-refractivity contribution in [1.29, 1.82) is 0 Å². The van der Waals surface area contributed by atoms with Gasteiger partial charge in [0.25, 0.3) is 0 Å². The maximum absolute atomic E-state index is 12.5. The minimum atomic E-state index is 0.777. The number of nitrogens with zero attached hydrogens (tertiary/aromatic N) is 2. The van der Waals surface area contributed by atoms with Crippen molar-refractivity contribution in [2.75, 3.05) is 0 Å². The zero-order valence-corrected chi connectivity index (χ0v) is 46.2. The van der Waals surface area contributed by atoms with E-state index in [4.69, 9.17) is 7.76 Å². The predicted octanol–water partition coefficient (Wildman–Crippen LogP) is 19.5. The van der Waals surface area contributed by atoms with Crippen molar-refractivity contribution in [3.8, 4) is 23.3 Å². The molecule has 5 rings (SSSR count). The van der Waals surface area contributed by atoms with Gasteiger partial charge in [0.2, 0.25) is 11.4 Å². The fraction of sp³-hybridized carbons (Fsp3) is 0.538. The molecule has 0 aromatic heterocycles. The van der Waals surface area contributed by atoms with Crippen molar-refractivity contribution in [3.63, 3.8) is 0 Å². The maximum atomic E-state index is 12.5. The van der Waals surface area contributed by atoms with Gasteiger partial charge in [-0.25, -0.2) is 4.70 Å². The molecular formula is C65H92N2NiO2. The first-order valence-electron chi connectivity index (χ1n) is 28.2. The molecule has 0 saturated carbocycles. The number of hydrogen-bond acceptors (Lipinski definition) is 2. The van der Waals surface area contributed by atoms with Crippen LogP contribution in [0.3, 0.4) is 0 Å². The molecule has 0 spiro atoms. The van der Waals surface area contributed by atoms with E-state index < -0.39 is 0 Å². The zero-order valence-electron chi connectivity index (χ0n) is 45.2. The van der Waals surface area contributed by atoms with Crippen LogP contribution < -0.4 is 7.76 Å². The Balaban J connectivity index is 0.000000597. The summed E-state index contributed by atoms with van der Waals surface area (Å²) < 4.78 is 12.2. The second kappa shape index (κ2) is 34.9. The summed E-state index contributed by atoms with van der Waals surface area (Å²) >= 11 is 0.777. The Morgan fingerprint density at radius 3 is 1.20 bits per heavy atom. The average molecular weight is 992 g/mol. The Morgan fingerprint density at radius 2 is 0.814 bits per heavy atom. The van der Waals surface area contributed by atoms with Crippen LogP contribution in [-0.4, -0.2) is 4.70 Å². The number of para-hydroxylation sites is 2. The number of rotatable bonds is 32. The summed E-state index contributed by atoms with van der Waals surface area (Å²) in [6, 6.07) is 28.6. The molecule has 0 N–H and O–H groups in total. The molecule has 4 nitrogen and oxygen atoms in total. The van der Waals surface area contributed by atoms with Crippen LogP contribution in [0.4, 0.5) is 0 Å². The molecule has 0 aliphatic carbocycles. The van der Waals surface area contributed by atoms with Gasteiger partial charge in [-0.15, -0.1) is 0 Å². The van der Waals surface area contributed by atoms with E-state index in [1.165, 1.54) is 148 Å². The van der Waals surface area contributed by atoms with Crippen LogP contribution in [-0.2, 0) is 53.6 Å². The SMILES string of the molecule is CCCCCCCCCCCCCCCCCC#CC1=C(c2cc(CC)c(CC)c(CC)c2)[N+](=[N-])C(c2cc(CC)c(CC)c(CC)c2)=C1CCCCCC.c1ccc([O][Ni][O]c2ccccc2)cc1. The second-order valence-electron chi connectivity index (χ2n) is 19.2. The number of unbranched alkanes of at least 4 members (excludes halogenated alkanes) is 18. The molecular weight excluding hydrogens is 899 g/mol. The second-order valence-corrected chi connectivity index (χ2v) is 19.7. The Bertz CT molecular complexity index is 2160. The van der Waals surface area contributed by atoms with Crippen molar-refractivity contribution in [2.24, 2.45) is 0 Å². The van der Waals surface area contributed by atoms with E-state index in [1.807, 2.05) is 60.7 Å². The molecule has 4 aromatic rings. The number of benzene rings is 4. The minimum absolute atomic E-state index is 0.777. The van der Waals surface area contributed by atoms with E-state index in [0.29, 0.717) is 0 Å². The van der Waals surface area contributed by atoms with Crippen LogP contribution >= 0.6 is 0 Å². The van der Waals surface area contributed by atoms with Gasteiger partial charge >= 0.3 is 95.0 Å². The summed E-state index contributed by atoms with van der Waals surface area (Å²) in [7, 11) is 0. The molecule has 1 heterocycles. The standard InChI is InChI=1S/C53H82N2.2C6H6O.Ni/c1-9-17-19-21-22-23-24-25-26-27-28-29-30-31-32-33-35-37-51-50(36-34-20-18-10-2)52(46-38-42(11-3)48(15-7)43(12-4)39-46)55(54)53(51)47-40-44(13-5)49(16-8)45(14-6)41-47;2*7-6-4-2-1-3-5-6;/h38-41H,9-34,36H2,1-8H3;2*1-5,7H;/q;;;+2/p-2. The fourth-order valence-electron chi connectivity index (χ4n) is 10.1. The predicted molar refractivity (Wildman–Crippen MR) is 297 cm³/mol. The summed E-state index contributed by atoms with van der Waals surface area (Å²) in [4.78, 5) is 0. The molecule has 0 unspecified atom stereocenters. The van der Waals surface area contributed by atoms with E-state index in [2.05, 4.69) is 91.5 Å². The third-order valence-electron chi connectivity index (χ3n) is 14.0. The van der Waals surface area contributed by atoms with Crippen LogP contribution in [0.25, 0.3) is 16.9 Å². The molecule has 0 amide bonds. The van der Waals surface area contributed by atoms with E-state index in [-0.39, 0.29) is 0 Å². The normalized spacial score (nSPS) is 12.3. The summed E-state index contributed by atoms with van der Waals surface area (Å²) in [6.45, 7) is 18.2.